The molecule has 3 nitrogen and oxygen atoms in total. The van der Waals surface area contributed by atoms with E-state index < -0.39 is 5.92 Å². The number of benzene rings is 1. The van der Waals surface area contributed by atoms with Gasteiger partial charge in [0, 0.05) is 6.54 Å². The van der Waals surface area contributed by atoms with Crippen molar-refractivity contribution in [1.82, 2.24) is 5.32 Å². The molecule has 1 saturated carbocycles. The Hall–Kier alpha value is -1.82. The molecule has 0 aromatic heterocycles. The molecule has 1 N–H and O–H groups in total. The van der Waals surface area contributed by atoms with Gasteiger partial charge in [0.1, 0.15) is 5.92 Å². The van der Waals surface area contributed by atoms with Crippen LogP contribution in [0.3, 0.4) is 0 Å². The lowest BCUT2D eigenvalue weighted by atomic mass is 10.00. The number of hydrogen-bond donors (Lipinski definition) is 1. The van der Waals surface area contributed by atoms with Crippen LogP contribution in [0.15, 0.2) is 30.3 Å². The number of carbonyl (C=O) groups excluding carboxylic acids is 1. The molecule has 1 amide bonds. The van der Waals surface area contributed by atoms with Gasteiger partial charge in [-0.2, -0.15) is 5.26 Å². The lowest BCUT2D eigenvalue weighted by molar-refractivity contribution is -0.123. The van der Waals surface area contributed by atoms with Crippen LogP contribution in [0.2, 0.25) is 0 Å². The zero-order valence-corrected chi connectivity index (χ0v) is 10.6. The van der Waals surface area contributed by atoms with Crippen molar-refractivity contribution in [2.45, 2.75) is 19.8 Å². The standard InChI is InChI=1S/C15H18N2O/c1-11-7-14(11)10-17-15(18)13(9-16)8-12-5-3-2-4-6-12/h2-6,11,13-14H,7-8,10H2,1H3,(H,17,18). The monoisotopic (exact) mass is 242 g/mol. The number of nitrogens with one attached hydrogen (secondary N) is 1. The molecule has 94 valence electrons. The van der Waals surface area contributed by atoms with E-state index in [0.29, 0.717) is 18.9 Å². The van der Waals surface area contributed by atoms with Gasteiger partial charge in [-0.1, -0.05) is 37.3 Å². The van der Waals surface area contributed by atoms with E-state index in [9.17, 15) is 4.79 Å². The van der Waals surface area contributed by atoms with Crippen molar-refractivity contribution >= 4 is 5.91 Å². The first-order valence-corrected chi connectivity index (χ1v) is 6.42. The summed E-state index contributed by atoms with van der Waals surface area (Å²) in [5, 5.41) is 12.0. The van der Waals surface area contributed by atoms with Crippen molar-refractivity contribution in [3.05, 3.63) is 35.9 Å². The molecule has 3 heteroatoms. The minimum atomic E-state index is -0.582. The van der Waals surface area contributed by atoms with Gasteiger partial charge < -0.3 is 5.32 Å². The zero-order valence-electron chi connectivity index (χ0n) is 10.6. The van der Waals surface area contributed by atoms with E-state index in [0.717, 1.165) is 11.5 Å². The quantitative estimate of drug-likeness (QED) is 0.860. The summed E-state index contributed by atoms with van der Waals surface area (Å²) in [5.74, 6) is 0.617. The second kappa shape index (κ2) is 5.68. The summed E-state index contributed by atoms with van der Waals surface area (Å²) < 4.78 is 0. The predicted octanol–water partition coefficient (Wildman–Crippen LogP) is 2.14. The van der Waals surface area contributed by atoms with E-state index in [1.807, 2.05) is 30.3 Å². The molecular weight excluding hydrogens is 224 g/mol. The van der Waals surface area contributed by atoms with Crippen molar-refractivity contribution in [1.29, 1.82) is 5.26 Å². The third-order valence-corrected chi connectivity index (χ3v) is 3.57. The van der Waals surface area contributed by atoms with Crippen LogP contribution in [0, 0.1) is 29.1 Å². The maximum Gasteiger partial charge on any atom is 0.237 e. The minimum Gasteiger partial charge on any atom is -0.355 e. The van der Waals surface area contributed by atoms with E-state index in [4.69, 9.17) is 5.26 Å². The summed E-state index contributed by atoms with van der Waals surface area (Å²) >= 11 is 0. The summed E-state index contributed by atoms with van der Waals surface area (Å²) in [4.78, 5) is 11.9. The lowest BCUT2D eigenvalue weighted by Crippen LogP contribution is -2.32. The second-order valence-electron chi connectivity index (χ2n) is 5.09. The molecule has 0 saturated heterocycles. The fraction of sp³-hybridized carbons (Fsp3) is 0.467. The normalized spacial score (nSPS) is 22.9. The molecular formula is C15H18N2O. The predicted molar refractivity (Wildman–Crippen MR) is 69.5 cm³/mol. The molecule has 3 unspecified atom stereocenters. The fourth-order valence-corrected chi connectivity index (χ4v) is 2.09. The molecule has 1 fully saturated rings. The van der Waals surface area contributed by atoms with Crippen LogP contribution in [0.25, 0.3) is 0 Å². The van der Waals surface area contributed by atoms with Crippen molar-refractivity contribution in [3.63, 3.8) is 0 Å². The van der Waals surface area contributed by atoms with Crippen molar-refractivity contribution in [2.24, 2.45) is 17.8 Å². The molecule has 1 aliphatic carbocycles. The van der Waals surface area contributed by atoms with Gasteiger partial charge in [-0.3, -0.25) is 4.79 Å². The van der Waals surface area contributed by atoms with Crippen LogP contribution in [-0.2, 0) is 11.2 Å². The molecule has 1 aromatic carbocycles. The Labute approximate surface area is 108 Å². The number of amides is 1. The number of nitrogens with zero attached hydrogens (tertiary/aromatic N) is 1. The average molecular weight is 242 g/mol. The Bertz CT molecular complexity index is 449. The fourth-order valence-electron chi connectivity index (χ4n) is 2.09. The van der Waals surface area contributed by atoms with Crippen LogP contribution >= 0.6 is 0 Å². The molecule has 0 heterocycles. The minimum absolute atomic E-state index is 0.138. The van der Waals surface area contributed by atoms with Crippen LogP contribution in [0.1, 0.15) is 18.9 Å². The second-order valence-corrected chi connectivity index (χ2v) is 5.09. The molecule has 2 rings (SSSR count). The summed E-state index contributed by atoms with van der Waals surface area (Å²) in [6.45, 7) is 2.90. The topological polar surface area (TPSA) is 52.9 Å². The van der Waals surface area contributed by atoms with Crippen molar-refractivity contribution < 1.29 is 4.79 Å². The first-order chi connectivity index (χ1) is 8.70. The summed E-state index contributed by atoms with van der Waals surface area (Å²) in [7, 11) is 0. The maximum absolute atomic E-state index is 11.9. The molecule has 0 bridgehead atoms. The van der Waals surface area contributed by atoms with Gasteiger partial charge in [-0.05, 0) is 30.2 Å². The average Bonchev–Trinajstić information content (AvgIpc) is 3.10. The maximum atomic E-state index is 11.9. The van der Waals surface area contributed by atoms with Gasteiger partial charge in [-0.15, -0.1) is 0 Å². The van der Waals surface area contributed by atoms with Gasteiger partial charge in [0.05, 0.1) is 6.07 Å². The molecule has 0 radical (unpaired) electrons. The molecule has 1 aromatic rings. The summed E-state index contributed by atoms with van der Waals surface area (Å²) in [5.41, 5.74) is 1.03. The van der Waals surface area contributed by atoms with Gasteiger partial charge in [-0.25, -0.2) is 0 Å². The number of rotatable bonds is 5. The van der Waals surface area contributed by atoms with Crippen molar-refractivity contribution in [3.8, 4) is 6.07 Å². The third kappa shape index (κ3) is 3.33. The van der Waals surface area contributed by atoms with E-state index in [-0.39, 0.29) is 5.91 Å². The van der Waals surface area contributed by atoms with E-state index >= 15 is 0 Å². The Kier molecular flexibility index (Phi) is 3.99. The molecule has 0 spiro atoms. The van der Waals surface area contributed by atoms with Gasteiger partial charge in [0.15, 0.2) is 0 Å². The molecule has 1 aliphatic rings. The largest absolute Gasteiger partial charge is 0.355 e. The highest BCUT2D eigenvalue weighted by atomic mass is 16.1. The first kappa shape index (κ1) is 12.6. The number of hydrogen-bond acceptors (Lipinski definition) is 2. The van der Waals surface area contributed by atoms with Crippen LogP contribution < -0.4 is 5.32 Å². The highest BCUT2D eigenvalue weighted by Crippen LogP contribution is 2.36. The number of carbonyl (C=O) groups is 1. The van der Waals surface area contributed by atoms with Crippen LogP contribution in [-0.4, -0.2) is 12.5 Å². The van der Waals surface area contributed by atoms with Crippen LogP contribution in [0.4, 0.5) is 0 Å². The lowest BCUT2D eigenvalue weighted by Gasteiger charge is -2.10. The van der Waals surface area contributed by atoms with E-state index in [2.05, 4.69) is 18.3 Å². The van der Waals surface area contributed by atoms with Crippen LogP contribution in [0.5, 0.6) is 0 Å². The molecule has 3 atom stereocenters. The molecule has 18 heavy (non-hydrogen) atoms. The smallest absolute Gasteiger partial charge is 0.237 e. The van der Waals surface area contributed by atoms with E-state index in [1.165, 1.54) is 6.42 Å². The SMILES string of the molecule is CC1CC1CNC(=O)C(C#N)Cc1ccccc1. The first-order valence-electron chi connectivity index (χ1n) is 6.42. The third-order valence-electron chi connectivity index (χ3n) is 3.57. The Morgan fingerprint density at radius 3 is 2.72 bits per heavy atom. The summed E-state index contributed by atoms with van der Waals surface area (Å²) in [6, 6.07) is 11.8. The Balaban J connectivity index is 1.84. The Morgan fingerprint density at radius 1 is 1.50 bits per heavy atom. The van der Waals surface area contributed by atoms with Gasteiger partial charge >= 0.3 is 0 Å². The summed E-state index contributed by atoms with van der Waals surface area (Å²) in [6.07, 6.45) is 1.68. The zero-order chi connectivity index (χ0) is 13.0. The van der Waals surface area contributed by atoms with E-state index in [1.54, 1.807) is 0 Å². The number of nitriles is 1. The highest BCUT2D eigenvalue weighted by molar-refractivity contribution is 5.81. The van der Waals surface area contributed by atoms with Crippen molar-refractivity contribution in [2.75, 3.05) is 6.54 Å². The molecule has 0 aliphatic heterocycles. The highest BCUT2D eigenvalue weighted by Gasteiger charge is 2.33. The van der Waals surface area contributed by atoms with Gasteiger partial charge in [0.25, 0.3) is 0 Å². The Morgan fingerprint density at radius 2 is 2.17 bits per heavy atom. The van der Waals surface area contributed by atoms with Gasteiger partial charge in [0.2, 0.25) is 5.91 Å².